The second kappa shape index (κ2) is 13.0. The molecule has 1 aromatic heterocycles. The van der Waals surface area contributed by atoms with E-state index in [9.17, 15) is 4.39 Å². The number of aromatic nitrogens is 2. The zero-order valence-electron chi connectivity index (χ0n) is 17.0. The summed E-state index contributed by atoms with van der Waals surface area (Å²) in [5.41, 5.74) is 2.04. The van der Waals surface area contributed by atoms with Gasteiger partial charge in [0, 0.05) is 31.2 Å². The lowest BCUT2D eigenvalue weighted by Gasteiger charge is -2.14. The number of nitrogens with zero attached hydrogens (tertiary/aromatic N) is 3. The molecule has 0 radical (unpaired) electrons. The van der Waals surface area contributed by atoms with Crippen molar-refractivity contribution in [3.63, 3.8) is 0 Å². The standard InChI is InChI=1S/C20H30FN5S.HI/c1-5-22-20(25-12-19-23-8-9-26(19)13-15(2)3)24-11-16-6-7-18(21)10-17(16)14-27-4;/h6-10,15H,5,11-14H2,1-4H3,(H2,22,24,25);1H. The van der Waals surface area contributed by atoms with Crippen LogP contribution in [0.3, 0.4) is 0 Å². The first-order valence-electron chi connectivity index (χ1n) is 9.31. The Balaban J connectivity index is 0.00000392. The Kier molecular flexibility index (Phi) is 11.5. The van der Waals surface area contributed by atoms with E-state index >= 15 is 0 Å². The highest BCUT2D eigenvalue weighted by atomic mass is 127. The molecule has 1 aromatic carbocycles. The van der Waals surface area contributed by atoms with Crippen LogP contribution in [-0.4, -0.2) is 28.3 Å². The lowest BCUT2D eigenvalue weighted by Crippen LogP contribution is -2.37. The van der Waals surface area contributed by atoms with Gasteiger partial charge in [-0.2, -0.15) is 11.8 Å². The number of nitrogens with one attached hydrogen (secondary N) is 2. The van der Waals surface area contributed by atoms with Gasteiger partial charge in [-0.3, -0.25) is 0 Å². The number of halogens is 2. The van der Waals surface area contributed by atoms with Crippen LogP contribution in [-0.2, 0) is 25.4 Å². The molecule has 1 heterocycles. The van der Waals surface area contributed by atoms with Gasteiger partial charge in [-0.25, -0.2) is 14.4 Å². The Morgan fingerprint density at radius 3 is 2.75 bits per heavy atom. The van der Waals surface area contributed by atoms with E-state index in [0.29, 0.717) is 19.0 Å². The van der Waals surface area contributed by atoms with Crippen molar-refractivity contribution >= 4 is 41.7 Å². The van der Waals surface area contributed by atoms with Gasteiger partial charge in [0.1, 0.15) is 11.6 Å². The van der Waals surface area contributed by atoms with Crippen molar-refractivity contribution < 1.29 is 4.39 Å². The van der Waals surface area contributed by atoms with Crippen molar-refractivity contribution in [3.8, 4) is 0 Å². The number of hydrogen-bond donors (Lipinski definition) is 2. The summed E-state index contributed by atoms with van der Waals surface area (Å²) in [5.74, 6) is 2.86. The maximum absolute atomic E-state index is 13.5. The summed E-state index contributed by atoms with van der Waals surface area (Å²) in [7, 11) is 0. The van der Waals surface area contributed by atoms with Gasteiger partial charge in [-0.1, -0.05) is 19.9 Å². The molecule has 0 saturated carbocycles. The third-order valence-corrected chi connectivity index (χ3v) is 4.60. The molecule has 2 aromatic rings. The van der Waals surface area contributed by atoms with E-state index in [1.54, 1.807) is 17.8 Å². The van der Waals surface area contributed by atoms with E-state index in [1.807, 2.05) is 31.6 Å². The topological polar surface area (TPSA) is 54.2 Å². The van der Waals surface area contributed by atoms with Gasteiger partial charge in [0.2, 0.25) is 0 Å². The van der Waals surface area contributed by atoms with Gasteiger partial charge < -0.3 is 15.2 Å². The molecule has 2 N–H and O–H groups in total. The molecule has 0 fully saturated rings. The van der Waals surface area contributed by atoms with E-state index in [4.69, 9.17) is 0 Å². The van der Waals surface area contributed by atoms with E-state index in [0.717, 1.165) is 41.8 Å². The average Bonchev–Trinajstić information content (AvgIpc) is 3.05. The molecule has 28 heavy (non-hydrogen) atoms. The molecule has 0 bridgehead atoms. The molecule has 0 amide bonds. The summed E-state index contributed by atoms with van der Waals surface area (Å²) >= 11 is 1.68. The van der Waals surface area contributed by atoms with E-state index in [-0.39, 0.29) is 29.8 Å². The highest BCUT2D eigenvalue weighted by Gasteiger charge is 2.07. The van der Waals surface area contributed by atoms with Crippen LogP contribution in [0.25, 0.3) is 0 Å². The molecule has 0 aliphatic heterocycles. The quantitative estimate of drug-likeness (QED) is 0.293. The predicted octanol–water partition coefficient (Wildman–Crippen LogP) is 4.41. The molecular formula is C20H31FIN5S. The molecular weight excluding hydrogens is 488 g/mol. The fourth-order valence-electron chi connectivity index (χ4n) is 2.77. The monoisotopic (exact) mass is 519 g/mol. The Bertz CT molecular complexity index is 748. The van der Waals surface area contributed by atoms with E-state index in [1.165, 1.54) is 6.07 Å². The summed E-state index contributed by atoms with van der Waals surface area (Å²) in [6.45, 7) is 9.24. The fraction of sp³-hybridized carbons (Fsp3) is 0.500. The minimum Gasteiger partial charge on any atom is -0.357 e. The van der Waals surface area contributed by atoms with Gasteiger partial charge in [-0.05, 0) is 42.4 Å². The molecule has 0 spiro atoms. The normalized spacial score (nSPS) is 11.4. The van der Waals surface area contributed by atoms with Crippen LogP contribution in [0, 0.1) is 11.7 Å². The molecule has 5 nitrogen and oxygen atoms in total. The maximum atomic E-state index is 13.5. The summed E-state index contributed by atoms with van der Waals surface area (Å²) in [4.78, 5) is 9.11. The van der Waals surface area contributed by atoms with Crippen molar-refractivity contribution in [2.24, 2.45) is 10.9 Å². The Morgan fingerprint density at radius 1 is 1.29 bits per heavy atom. The Labute approximate surface area is 189 Å². The number of guanidine groups is 1. The van der Waals surface area contributed by atoms with Crippen LogP contribution >= 0.6 is 35.7 Å². The average molecular weight is 519 g/mol. The van der Waals surface area contributed by atoms with Gasteiger partial charge in [-0.15, -0.1) is 24.0 Å². The SMILES string of the molecule is CCNC(=NCc1ccc(F)cc1CSC)NCc1nccn1CC(C)C.I. The van der Waals surface area contributed by atoms with Crippen LogP contribution in [0.15, 0.2) is 35.6 Å². The van der Waals surface area contributed by atoms with Gasteiger partial charge in [0.05, 0.1) is 13.1 Å². The summed E-state index contributed by atoms with van der Waals surface area (Å²) in [5, 5.41) is 6.61. The first-order chi connectivity index (χ1) is 13.0. The summed E-state index contributed by atoms with van der Waals surface area (Å²) in [6.07, 6.45) is 5.85. The van der Waals surface area contributed by atoms with Gasteiger partial charge >= 0.3 is 0 Å². The number of hydrogen-bond acceptors (Lipinski definition) is 3. The van der Waals surface area contributed by atoms with Crippen molar-refractivity contribution in [3.05, 3.63) is 53.4 Å². The van der Waals surface area contributed by atoms with Crippen molar-refractivity contribution in [1.29, 1.82) is 0 Å². The number of thioether (sulfide) groups is 1. The molecule has 0 aliphatic carbocycles. The second-order valence-electron chi connectivity index (χ2n) is 6.78. The minimum absolute atomic E-state index is 0. The minimum atomic E-state index is -0.200. The number of imidazole rings is 1. The first-order valence-corrected chi connectivity index (χ1v) is 10.7. The zero-order valence-corrected chi connectivity index (χ0v) is 20.2. The third kappa shape index (κ3) is 7.98. The summed E-state index contributed by atoms with van der Waals surface area (Å²) < 4.78 is 15.7. The molecule has 8 heteroatoms. The fourth-order valence-corrected chi connectivity index (χ4v) is 3.35. The third-order valence-electron chi connectivity index (χ3n) is 4.00. The smallest absolute Gasteiger partial charge is 0.191 e. The largest absolute Gasteiger partial charge is 0.357 e. The van der Waals surface area contributed by atoms with Crippen LogP contribution in [0.4, 0.5) is 4.39 Å². The second-order valence-corrected chi connectivity index (χ2v) is 7.65. The lowest BCUT2D eigenvalue weighted by atomic mass is 10.1. The molecule has 0 aliphatic rings. The lowest BCUT2D eigenvalue weighted by molar-refractivity contribution is 0.503. The Morgan fingerprint density at radius 2 is 2.07 bits per heavy atom. The molecule has 0 unspecified atom stereocenters. The van der Waals surface area contributed by atoms with E-state index in [2.05, 4.69) is 39.0 Å². The zero-order chi connectivity index (χ0) is 19.6. The van der Waals surface area contributed by atoms with Crippen LogP contribution in [0.1, 0.15) is 37.7 Å². The molecule has 2 rings (SSSR count). The molecule has 0 saturated heterocycles. The van der Waals surface area contributed by atoms with Crippen LogP contribution in [0.5, 0.6) is 0 Å². The van der Waals surface area contributed by atoms with Crippen molar-refractivity contribution in [2.45, 2.75) is 46.2 Å². The van der Waals surface area contributed by atoms with Gasteiger partial charge in [0.25, 0.3) is 0 Å². The Hall–Kier alpha value is -1.29. The van der Waals surface area contributed by atoms with Crippen LogP contribution < -0.4 is 10.6 Å². The van der Waals surface area contributed by atoms with E-state index < -0.39 is 0 Å². The number of rotatable bonds is 9. The summed E-state index contributed by atoms with van der Waals surface area (Å²) in [6, 6.07) is 4.92. The molecule has 0 atom stereocenters. The highest BCUT2D eigenvalue weighted by Crippen LogP contribution is 2.17. The predicted molar refractivity (Wildman–Crippen MR) is 128 cm³/mol. The van der Waals surface area contributed by atoms with Gasteiger partial charge in [0.15, 0.2) is 5.96 Å². The maximum Gasteiger partial charge on any atom is 0.191 e. The number of aliphatic imine (C=N–C) groups is 1. The number of benzene rings is 1. The van der Waals surface area contributed by atoms with Crippen LogP contribution in [0.2, 0.25) is 0 Å². The van der Waals surface area contributed by atoms with Crippen molar-refractivity contribution in [2.75, 3.05) is 12.8 Å². The molecule has 156 valence electrons. The first kappa shape index (κ1) is 24.7. The highest BCUT2D eigenvalue weighted by molar-refractivity contribution is 14.0. The van der Waals surface area contributed by atoms with Crippen molar-refractivity contribution in [1.82, 2.24) is 20.2 Å².